The van der Waals surface area contributed by atoms with Crippen molar-refractivity contribution in [2.75, 3.05) is 6.54 Å². The van der Waals surface area contributed by atoms with Crippen molar-refractivity contribution in [1.82, 2.24) is 4.90 Å². The molecule has 1 aliphatic rings. The van der Waals surface area contributed by atoms with Gasteiger partial charge >= 0.3 is 0 Å². The van der Waals surface area contributed by atoms with E-state index >= 15 is 0 Å². The van der Waals surface area contributed by atoms with Crippen molar-refractivity contribution in [3.05, 3.63) is 0 Å². The van der Waals surface area contributed by atoms with Crippen molar-refractivity contribution in [2.24, 2.45) is 4.99 Å². The fraction of sp³-hybridized carbons (Fsp3) is 0.919. The topological polar surface area (TPSA) is 49.7 Å². The number of carbonyl (C=O) groups excluding carboxylic acids is 2. The Hall–Kier alpha value is -1.19. The molecule has 0 aromatic heterocycles. The summed E-state index contributed by atoms with van der Waals surface area (Å²) in [6, 6.07) is 0. The third-order valence-electron chi connectivity index (χ3n) is 8.91. The van der Waals surface area contributed by atoms with E-state index in [1.807, 2.05) is 0 Å². The Bertz CT molecular complexity index is 645. The maximum Gasteiger partial charge on any atom is 0.267 e. The van der Waals surface area contributed by atoms with Gasteiger partial charge in [0.1, 0.15) is 12.4 Å². The van der Waals surface area contributed by atoms with Crippen molar-refractivity contribution >= 4 is 17.6 Å². The third kappa shape index (κ3) is 23.0. The van der Waals surface area contributed by atoms with Crippen molar-refractivity contribution < 1.29 is 9.59 Å². The van der Waals surface area contributed by atoms with E-state index in [0.29, 0.717) is 6.42 Å². The summed E-state index contributed by atoms with van der Waals surface area (Å²) >= 11 is 0. The molecule has 0 N–H and O–H groups in total. The van der Waals surface area contributed by atoms with E-state index in [1.165, 1.54) is 167 Å². The largest absolute Gasteiger partial charge is 0.291 e. The van der Waals surface area contributed by atoms with Crippen molar-refractivity contribution in [3.63, 3.8) is 0 Å². The standard InChI is InChI=1S/C37H70N2O2/c1-3-5-7-9-11-13-15-17-19-21-23-25-27-29-31-33-37(41)39-34-36(40)38-35(39)32-30-28-26-24-22-20-18-16-14-12-10-8-6-4-2/h3-34H2,1-2H3. The monoisotopic (exact) mass is 575 g/mol. The summed E-state index contributed by atoms with van der Waals surface area (Å²) in [5, 5.41) is 0. The molecule has 0 aromatic rings. The minimum absolute atomic E-state index is 0.106. The summed E-state index contributed by atoms with van der Waals surface area (Å²) in [5.41, 5.74) is 0. The summed E-state index contributed by atoms with van der Waals surface area (Å²) in [6.45, 7) is 4.73. The van der Waals surface area contributed by atoms with Gasteiger partial charge in [-0.3, -0.25) is 14.5 Å². The van der Waals surface area contributed by atoms with E-state index in [0.717, 1.165) is 31.5 Å². The molecule has 0 saturated carbocycles. The van der Waals surface area contributed by atoms with E-state index in [2.05, 4.69) is 18.8 Å². The van der Waals surface area contributed by atoms with Crippen LogP contribution in [0, 0.1) is 0 Å². The van der Waals surface area contributed by atoms with Crippen LogP contribution in [0.3, 0.4) is 0 Å². The lowest BCUT2D eigenvalue weighted by Crippen LogP contribution is -2.34. The molecule has 0 aromatic carbocycles. The Morgan fingerprint density at radius 2 is 0.829 bits per heavy atom. The Kier molecular flexibility index (Phi) is 26.7. The van der Waals surface area contributed by atoms with Crippen molar-refractivity contribution in [2.45, 2.75) is 213 Å². The van der Waals surface area contributed by atoms with Crippen LogP contribution in [0.25, 0.3) is 0 Å². The lowest BCUT2D eigenvalue weighted by molar-refractivity contribution is -0.130. The van der Waals surface area contributed by atoms with Crippen LogP contribution in [0.15, 0.2) is 4.99 Å². The van der Waals surface area contributed by atoms with Crippen LogP contribution >= 0.6 is 0 Å². The number of hydrogen-bond donors (Lipinski definition) is 0. The molecule has 0 aliphatic carbocycles. The van der Waals surface area contributed by atoms with E-state index in [-0.39, 0.29) is 18.4 Å². The van der Waals surface area contributed by atoms with Crippen LogP contribution in [0.1, 0.15) is 213 Å². The molecule has 2 amide bonds. The lowest BCUT2D eigenvalue weighted by atomic mass is 10.0. The minimum Gasteiger partial charge on any atom is -0.291 e. The van der Waals surface area contributed by atoms with Gasteiger partial charge in [0.15, 0.2) is 0 Å². The molecule has 41 heavy (non-hydrogen) atoms. The highest BCUT2D eigenvalue weighted by atomic mass is 16.2. The molecular weight excluding hydrogens is 504 g/mol. The van der Waals surface area contributed by atoms with Crippen LogP contribution in [0.2, 0.25) is 0 Å². The molecular formula is C37H70N2O2. The summed E-state index contributed by atoms with van der Waals surface area (Å²) in [4.78, 5) is 30.6. The van der Waals surface area contributed by atoms with Gasteiger partial charge in [-0.25, -0.2) is 0 Å². The van der Waals surface area contributed by atoms with Gasteiger partial charge < -0.3 is 0 Å². The summed E-state index contributed by atoms with van der Waals surface area (Å²) in [7, 11) is 0. The highest BCUT2D eigenvalue weighted by Gasteiger charge is 2.27. The van der Waals surface area contributed by atoms with Gasteiger partial charge in [0.25, 0.3) is 5.91 Å². The van der Waals surface area contributed by atoms with Crippen LogP contribution in [-0.4, -0.2) is 29.1 Å². The number of rotatable bonds is 31. The van der Waals surface area contributed by atoms with Crippen LogP contribution < -0.4 is 0 Å². The maximum absolute atomic E-state index is 12.8. The smallest absolute Gasteiger partial charge is 0.267 e. The highest BCUT2D eigenvalue weighted by Crippen LogP contribution is 2.18. The van der Waals surface area contributed by atoms with Gasteiger partial charge in [-0.05, 0) is 12.8 Å². The van der Waals surface area contributed by atoms with E-state index in [1.54, 1.807) is 4.90 Å². The van der Waals surface area contributed by atoms with E-state index in [9.17, 15) is 9.59 Å². The number of unbranched alkanes of at least 4 members (excludes halogenated alkanes) is 27. The first-order chi connectivity index (χ1) is 20.2. The molecule has 1 heterocycles. The second-order valence-corrected chi connectivity index (χ2v) is 12.9. The fourth-order valence-electron chi connectivity index (χ4n) is 6.15. The number of aliphatic imine (C=N–C) groups is 1. The molecule has 4 heteroatoms. The molecule has 1 aliphatic heterocycles. The molecule has 1 rings (SSSR count). The first-order valence-corrected chi connectivity index (χ1v) is 18.6. The average molecular weight is 575 g/mol. The molecule has 0 bridgehead atoms. The van der Waals surface area contributed by atoms with Crippen LogP contribution in [0.5, 0.6) is 0 Å². The predicted molar refractivity (Wildman–Crippen MR) is 179 cm³/mol. The van der Waals surface area contributed by atoms with E-state index < -0.39 is 0 Å². The normalized spacial score (nSPS) is 13.4. The zero-order valence-electron chi connectivity index (χ0n) is 27.8. The highest BCUT2D eigenvalue weighted by molar-refractivity contribution is 6.10. The quantitative estimate of drug-likeness (QED) is 0.0773. The Morgan fingerprint density at radius 1 is 0.512 bits per heavy atom. The van der Waals surface area contributed by atoms with Gasteiger partial charge in [0.05, 0.1) is 0 Å². The second kappa shape index (κ2) is 28.9. The number of hydrogen-bond acceptors (Lipinski definition) is 2. The lowest BCUT2D eigenvalue weighted by Gasteiger charge is -2.17. The minimum atomic E-state index is -0.143. The molecule has 4 nitrogen and oxygen atoms in total. The van der Waals surface area contributed by atoms with Gasteiger partial charge in [0, 0.05) is 12.8 Å². The summed E-state index contributed by atoms with van der Waals surface area (Å²) in [5.74, 6) is 0.699. The molecule has 0 atom stereocenters. The number of carbonyl (C=O) groups is 2. The van der Waals surface area contributed by atoms with Gasteiger partial charge in [-0.2, -0.15) is 4.99 Å². The Morgan fingerprint density at radius 3 is 1.20 bits per heavy atom. The summed E-state index contributed by atoms with van der Waals surface area (Å²) < 4.78 is 0. The van der Waals surface area contributed by atoms with Crippen LogP contribution in [0.4, 0.5) is 0 Å². The zero-order chi connectivity index (χ0) is 29.6. The maximum atomic E-state index is 12.8. The molecule has 0 radical (unpaired) electrons. The molecule has 240 valence electrons. The molecule has 0 fully saturated rings. The fourth-order valence-corrected chi connectivity index (χ4v) is 6.15. The van der Waals surface area contributed by atoms with Crippen molar-refractivity contribution in [3.8, 4) is 0 Å². The molecule has 0 unspecified atom stereocenters. The second-order valence-electron chi connectivity index (χ2n) is 12.9. The van der Waals surface area contributed by atoms with E-state index in [4.69, 9.17) is 0 Å². The first kappa shape index (κ1) is 37.8. The number of amides is 2. The van der Waals surface area contributed by atoms with Crippen molar-refractivity contribution in [1.29, 1.82) is 0 Å². The molecule has 0 spiro atoms. The predicted octanol–water partition coefficient (Wildman–Crippen LogP) is 11.9. The first-order valence-electron chi connectivity index (χ1n) is 18.6. The average Bonchev–Trinajstić information content (AvgIpc) is 3.35. The number of amidine groups is 1. The summed E-state index contributed by atoms with van der Waals surface area (Å²) in [6.07, 6.45) is 40.0. The third-order valence-corrected chi connectivity index (χ3v) is 8.91. The van der Waals surface area contributed by atoms with Gasteiger partial charge in [0.2, 0.25) is 5.91 Å². The SMILES string of the molecule is CCCCCCCCCCCCCCCCCC(=O)N1CC(=O)N=C1CCCCCCCCCCCCCCCC. The Labute approximate surface area is 256 Å². The van der Waals surface area contributed by atoms with Gasteiger partial charge in [-0.1, -0.05) is 187 Å². The van der Waals surface area contributed by atoms with Gasteiger partial charge in [-0.15, -0.1) is 0 Å². The molecule has 0 saturated heterocycles. The number of nitrogens with zero attached hydrogens (tertiary/aromatic N) is 2. The zero-order valence-corrected chi connectivity index (χ0v) is 27.8. The Balaban J connectivity index is 1.94. The van der Waals surface area contributed by atoms with Crippen LogP contribution in [-0.2, 0) is 9.59 Å².